The third kappa shape index (κ3) is 3.58. The van der Waals surface area contributed by atoms with E-state index >= 15 is 0 Å². The van der Waals surface area contributed by atoms with Crippen LogP contribution in [0.3, 0.4) is 0 Å². The minimum absolute atomic E-state index is 0.100. The van der Waals surface area contributed by atoms with Crippen molar-refractivity contribution in [3.63, 3.8) is 0 Å². The summed E-state index contributed by atoms with van der Waals surface area (Å²) < 4.78 is 0. The molecular formula is C20H31N5O. The second-order valence-electron chi connectivity index (χ2n) is 8.33. The zero-order valence-electron chi connectivity index (χ0n) is 15.9. The number of amides is 1. The van der Waals surface area contributed by atoms with Crippen LogP contribution in [-0.4, -0.2) is 76.1 Å². The zero-order valence-corrected chi connectivity index (χ0v) is 15.9. The van der Waals surface area contributed by atoms with Crippen LogP contribution < -0.4 is 0 Å². The first-order valence-corrected chi connectivity index (χ1v) is 9.96. The first-order chi connectivity index (χ1) is 12.6. The molecule has 6 heteroatoms. The number of carbonyl (C=O) groups is 1. The summed E-state index contributed by atoms with van der Waals surface area (Å²) in [6.07, 6.45) is 7.04. The van der Waals surface area contributed by atoms with Crippen molar-refractivity contribution in [1.82, 2.24) is 24.9 Å². The van der Waals surface area contributed by atoms with Gasteiger partial charge in [0.15, 0.2) is 0 Å². The van der Waals surface area contributed by atoms with Crippen LogP contribution >= 0.6 is 0 Å². The van der Waals surface area contributed by atoms with E-state index in [9.17, 15) is 4.79 Å². The maximum Gasteiger partial charge on any atom is 0.222 e. The fourth-order valence-electron chi connectivity index (χ4n) is 4.55. The van der Waals surface area contributed by atoms with Crippen LogP contribution in [0.1, 0.15) is 49.4 Å². The molecule has 1 saturated carbocycles. The van der Waals surface area contributed by atoms with Gasteiger partial charge in [-0.1, -0.05) is 6.08 Å². The van der Waals surface area contributed by atoms with Crippen molar-refractivity contribution in [1.29, 1.82) is 0 Å². The molecular weight excluding hydrogens is 326 g/mol. The van der Waals surface area contributed by atoms with Gasteiger partial charge in [0, 0.05) is 62.8 Å². The largest absolute Gasteiger partial charge is 0.339 e. The SMILES string of the molecule is C=CCN1CC[C@@]2(CCC1=O)CN(Cc1cc(C3CC3)n[nH]1)CCN2C. The monoisotopic (exact) mass is 357 g/mol. The second kappa shape index (κ2) is 7.16. The average molecular weight is 358 g/mol. The van der Waals surface area contributed by atoms with Crippen LogP contribution in [-0.2, 0) is 11.3 Å². The number of likely N-dealkylation sites (N-methyl/N-ethyl adjacent to an activating group) is 1. The Morgan fingerprint density at radius 1 is 1.35 bits per heavy atom. The van der Waals surface area contributed by atoms with Crippen LogP contribution in [0.15, 0.2) is 18.7 Å². The van der Waals surface area contributed by atoms with Gasteiger partial charge in [0.1, 0.15) is 0 Å². The maximum atomic E-state index is 12.4. The van der Waals surface area contributed by atoms with Gasteiger partial charge in [0.2, 0.25) is 5.91 Å². The number of hydrogen-bond donors (Lipinski definition) is 1. The number of likely N-dealkylation sites (tertiary alicyclic amines) is 1. The fraction of sp³-hybridized carbons (Fsp3) is 0.700. The topological polar surface area (TPSA) is 55.5 Å². The molecule has 3 aliphatic rings. The molecule has 0 unspecified atom stereocenters. The number of nitrogens with zero attached hydrogens (tertiary/aromatic N) is 4. The Balaban J connectivity index is 1.43. The average Bonchev–Trinajstić information content (AvgIpc) is 3.40. The van der Waals surface area contributed by atoms with E-state index in [2.05, 4.69) is 39.7 Å². The van der Waals surface area contributed by atoms with E-state index in [0.717, 1.165) is 45.6 Å². The van der Waals surface area contributed by atoms with Crippen molar-refractivity contribution < 1.29 is 4.79 Å². The molecule has 1 spiro atoms. The lowest BCUT2D eigenvalue weighted by Gasteiger charge is -2.49. The predicted molar refractivity (Wildman–Crippen MR) is 102 cm³/mol. The molecule has 0 bridgehead atoms. The van der Waals surface area contributed by atoms with Crippen molar-refractivity contribution >= 4 is 5.91 Å². The molecule has 2 aliphatic heterocycles. The number of aromatic amines is 1. The molecule has 1 atom stereocenters. The van der Waals surface area contributed by atoms with Crippen LogP contribution in [0.2, 0.25) is 0 Å². The van der Waals surface area contributed by atoms with Crippen molar-refractivity contribution in [2.75, 3.05) is 39.8 Å². The van der Waals surface area contributed by atoms with Crippen molar-refractivity contribution in [2.45, 2.75) is 50.1 Å². The second-order valence-corrected chi connectivity index (χ2v) is 8.33. The molecule has 26 heavy (non-hydrogen) atoms. The van der Waals surface area contributed by atoms with Gasteiger partial charge in [-0.25, -0.2) is 0 Å². The summed E-state index contributed by atoms with van der Waals surface area (Å²) in [5, 5.41) is 7.74. The van der Waals surface area contributed by atoms with Gasteiger partial charge in [-0.05, 0) is 38.8 Å². The number of hydrogen-bond acceptors (Lipinski definition) is 4. The minimum atomic E-state index is 0.100. The predicted octanol–water partition coefficient (Wildman–Crippen LogP) is 1.97. The Hall–Kier alpha value is -1.66. The highest BCUT2D eigenvalue weighted by Gasteiger charge is 2.42. The number of H-pyrrole nitrogens is 1. The highest BCUT2D eigenvalue weighted by molar-refractivity contribution is 5.76. The summed E-state index contributed by atoms with van der Waals surface area (Å²) in [7, 11) is 2.23. The van der Waals surface area contributed by atoms with Gasteiger partial charge in [0.25, 0.3) is 0 Å². The zero-order chi connectivity index (χ0) is 18.1. The van der Waals surface area contributed by atoms with Crippen LogP contribution in [0.4, 0.5) is 0 Å². The Kier molecular flexibility index (Phi) is 4.88. The number of piperazine rings is 1. The molecule has 4 rings (SSSR count). The minimum Gasteiger partial charge on any atom is -0.339 e. The summed E-state index contributed by atoms with van der Waals surface area (Å²) in [5.41, 5.74) is 2.57. The lowest BCUT2D eigenvalue weighted by molar-refractivity contribution is -0.130. The summed E-state index contributed by atoms with van der Waals surface area (Å²) in [6.45, 7) is 9.37. The van der Waals surface area contributed by atoms with E-state index in [0.29, 0.717) is 18.9 Å². The van der Waals surface area contributed by atoms with Gasteiger partial charge >= 0.3 is 0 Å². The lowest BCUT2D eigenvalue weighted by atomic mass is 9.86. The third-order valence-electron chi connectivity index (χ3n) is 6.47. The van der Waals surface area contributed by atoms with Crippen molar-refractivity contribution in [2.24, 2.45) is 0 Å². The summed E-state index contributed by atoms with van der Waals surface area (Å²) in [5.74, 6) is 0.970. The molecule has 1 aliphatic carbocycles. The number of carbonyl (C=O) groups excluding carboxylic acids is 1. The molecule has 0 aromatic carbocycles. The Bertz CT molecular complexity index is 667. The maximum absolute atomic E-state index is 12.4. The Morgan fingerprint density at radius 2 is 2.19 bits per heavy atom. The van der Waals surface area contributed by atoms with E-state index in [1.54, 1.807) is 0 Å². The van der Waals surface area contributed by atoms with Gasteiger partial charge in [-0.2, -0.15) is 5.10 Å². The van der Waals surface area contributed by atoms with Crippen LogP contribution in [0.5, 0.6) is 0 Å². The molecule has 6 nitrogen and oxygen atoms in total. The number of nitrogens with one attached hydrogen (secondary N) is 1. The molecule has 1 N–H and O–H groups in total. The third-order valence-corrected chi connectivity index (χ3v) is 6.47. The van der Waals surface area contributed by atoms with Crippen LogP contribution in [0, 0.1) is 0 Å². The van der Waals surface area contributed by atoms with Crippen molar-refractivity contribution in [3.05, 3.63) is 30.1 Å². The Labute approximate surface area is 156 Å². The van der Waals surface area contributed by atoms with Gasteiger partial charge in [0.05, 0.1) is 5.69 Å². The van der Waals surface area contributed by atoms with E-state index in [4.69, 9.17) is 0 Å². The molecule has 0 radical (unpaired) electrons. The highest BCUT2D eigenvalue weighted by atomic mass is 16.2. The van der Waals surface area contributed by atoms with E-state index in [1.165, 1.54) is 24.2 Å². The first kappa shape index (κ1) is 17.7. The number of rotatable bonds is 5. The quantitative estimate of drug-likeness (QED) is 0.819. The highest BCUT2D eigenvalue weighted by Crippen LogP contribution is 2.39. The number of aromatic nitrogens is 2. The summed E-state index contributed by atoms with van der Waals surface area (Å²) >= 11 is 0. The van der Waals surface area contributed by atoms with E-state index < -0.39 is 0 Å². The molecule has 3 heterocycles. The molecule has 1 aromatic rings. The fourth-order valence-corrected chi connectivity index (χ4v) is 4.55. The van der Waals surface area contributed by atoms with Crippen LogP contribution in [0.25, 0.3) is 0 Å². The van der Waals surface area contributed by atoms with E-state index in [-0.39, 0.29) is 11.4 Å². The van der Waals surface area contributed by atoms with Crippen molar-refractivity contribution in [3.8, 4) is 0 Å². The molecule has 1 aromatic heterocycles. The Morgan fingerprint density at radius 3 is 2.96 bits per heavy atom. The smallest absolute Gasteiger partial charge is 0.222 e. The first-order valence-electron chi connectivity index (χ1n) is 9.96. The molecule has 1 amide bonds. The van der Waals surface area contributed by atoms with Gasteiger partial charge in [-0.3, -0.25) is 19.7 Å². The normalized spacial score (nSPS) is 28.5. The summed E-state index contributed by atoms with van der Waals surface area (Å²) in [6, 6.07) is 2.26. The molecule has 142 valence electrons. The molecule has 3 fully saturated rings. The summed E-state index contributed by atoms with van der Waals surface area (Å²) in [4.78, 5) is 19.4. The standard InChI is InChI=1S/C20H31N5O/c1-3-9-25-10-8-20(7-6-19(25)26)15-24(12-11-23(20)2)14-17-13-18(22-21-17)16-4-5-16/h3,13,16H,1,4-12,14-15H2,2H3,(H,21,22)/t20-/m0/s1. The van der Waals surface area contributed by atoms with E-state index in [1.807, 2.05) is 11.0 Å². The van der Waals surface area contributed by atoms with Gasteiger partial charge < -0.3 is 4.90 Å². The molecule has 2 saturated heterocycles. The lowest BCUT2D eigenvalue weighted by Crippen LogP contribution is -2.60. The van der Waals surface area contributed by atoms with Gasteiger partial charge in [-0.15, -0.1) is 6.58 Å².